The fourth-order valence-corrected chi connectivity index (χ4v) is 1.67. The van der Waals surface area contributed by atoms with Gasteiger partial charge in [-0.3, -0.25) is 0 Å². The molecule has 0 amide bonds. The average molecular weight is 220 g/mol. The van der Waals surface area contributed by atoms with Gasteiger partial charge in [-0.2, -0.15) is 0 Å². The summed E-state index contributed by atoms with van der Waals surface area (Å²) in [4.78, 5) is 0. The summed E-state index contributed by atoms with van der Waals surface area (Å²) in [5.74, 6) is 0. The maximum atomic E-state index is 5.91. The summed E-state index contributed by atoms with van der Waals surface area (Å²) in [6.45, 7) is 14.0. The zero-order chi connectivity index (χ0) is 12.8. The molecule has 1 aromatic carbocycles. The van der Waals surface area contributed by atoms with Crippen molar-refractivity contribution in [2.24, 2.45) is 0 Å². The van der Waals surface area contributed by atoms with E-state index < -0.39 is 0 Å². The molecule has 0 radical (unpaired) electrons. The number of nitrogens with one attached hydrogen (secondary N) is 1. The van der Waals surface area contributed by atoms with Crippen LogP contribution in [0.25, 0.3) is 0 Å². The first-order chi connectivity index (χ1) is 7.43. The lowest BCUT2D eigenvalue weighted by molar-refractivity contribution is 0.451. The van der Waals surface area contributed by atoms with Crippen molar-refractivity contribution in [1.82, 2.24) is 5.32 Å². The van der Waals surface area contributed by atoms with E-state index in [2.05, 4.69) is 25.7 Å². The Labute approximate surface area is 99.6 Å². The number of nitrogen functional groups attached to an aromatic ring is 1. The van der Waals surface area contributed by atoms with Crippen molar-refractivity contribution in [2.75, 3.05) is 5.73 Å². The third kappa shape index (κ3) is 3.97. The predicted octanol–water partition coefficient (Wildman–Crippen LogP) is 3.65. The number of anilines is 1. The van der Waals surface area contributed by atoms with Crippen molar-refractivity contribution >= 4 is 5.69 Å². The van der Waals surface area contributed by atoms with Gasteiger partial charge in [0.2, 0.25) is 0 Å². The molecule has 0 bridgehead atoms. The second-order valence-electron chi connectivity index (χ2n) is 4.12. The van der Waals surface area contributed by atoms with Gasteiger partial charge >= 0.3 is 0 Å². The Morgan fingerprint density at radius 2 is 1.75 bits per heavy atom. The minimum absolute atomic E-state index is 0.169. The number of benzene rings is 1. The van der Waals surface area contributed by atoms with Crippen LogP contribution in [0.5, 0.6) is 0 Å². The minimum Gasteiger partial charge on any atom is -0.398 e. The molecule has 0 aliphatic heterocycles. The first-order valence-electron chi connectivity index (χ1n) is 5.72. The van der Waals surface area contributed by atoms with Crippen LogP contribution in [0.15, 0.2) is 36.5 Å². The monoisotopic (exact) mass is 220 g/mol. The van der Waals surface area contributed by atoms with Gasteiger partial charge in [0.1, 0.15) is 0 Å². The summed E-state index contributed by atoms with van der Waals surface area (Å²) >= 11 is 0. The number of nitrogens with two attached hydrogens (primary N) is 1. The summed E-state index contributed by atoms with van der Waals surface area (Å²) in [5, 5.41) is 3.30. The summed E-state index contributed by atoms with van der Waals surface area (Å²) in [6, 6.07) is 7.88. The second-order valence-corrected chi connectivity index (χ2v) is 4.12. The van der Waals surface area contributed by atoms with Gasteiger partial charge < -0.3 is 11.1 Å². The average Bonchev–Trinajstić information content (AvgIpc) is 2.19. The lowest BCUT2D eigenvalue weighted by Gasteiger charge is -2.29. The van der Waals surface area contributed by atoms with Gasteiger partial charge in [-0.1, -0.05) is 38.6 Å². The first kappa shape index (κ1) is 14.6. The Hall–Kier alpha value is -1.44. The van der Waals surface area contributed by atoms with Crippen molar-refractivity contribution in [1.29, 1.82) is 0 Å². The molecule has 0 saturated heterocycles. The fourth-order valence-electron chi connectivity index (χ4n) is 1.67. The molecule has 0 aromatic heterocycles. The molecule has 0 saturated carbocycles. The normalized spacial score (nSPS) is 10.1. The van der Waals surface area contributed by atoms with E-state index in [4.69, 9.17) is 5.73 Å². The summed E-state index contributed by atoms with van der Waals surface area (Å²) < 4.78 is 0. The van der Waals surface area contributed by atoms with Gasteiger partial charge in [-0.15, -0.1) is 0 Å². The molecule has 16 heavy (non-hydrogen) atoms. The quantitative estimate of drug-likeness (QED) is 0.763. The zero-order valence-corrected chi connectivity index (χ0v) is 11.1. The Bertz CT molecular complexity index is 340. The number of hydrogen-bond acceptors (Lipinski definition) is 2. The predicted molar refractivity (Wildman–Crippen MR) is 73.2 cm³/mol. The summed E-state index contributed by atoms with van der Waals surface area (Å²) in [7, 11) is 0. The highest BCUT2D eigenvalue weighted by atomic mass is 15.0. The molecule has 2 heteroatoms. The van der Waals surface area contributed by atoms with E-state index in [0.717, 1.165) is 16.9 Å². The highest BCUT2D eigenvalue weighted by Gasteiger charge is 2.21. The molecule has 0 unspecified atom stereocenters. The van der Waals surface area contributed by atoms with Gasteiger partial charge in [0.05, 0.1) is 5.54 Å². The molecule has 0 aliphatic carbocycles. The Morgan fingerprint density at radius 1 is 1.25 bits per heavy atom. The smallest absolute Gasteiger partial charge is 0.0586 e. The summed E-state index contributed by atoms with van der Waals surface area (Å²) in [5.41, 5.74) is 8.60. The van der Waals surface area contributed by atoms with Crippen LogP contribution >= 0.6 is 0 Å². The standard InChI is InChI=1S/C12H18N2.C2H6/c1-9(2)14-12(3,4)10-7-5-6-8-11(10)13;1-2/h5-8,14H,1,13H2,2-4H3;1-2H3. The largest absolute Gasteiger partial charge is 0.398 e. The molecule has 1 rings (SSSR count). The third-order valence-corrected chi connectivity index (χ3v) is 2.16. The van der Waals surface area contributed by atoms with Crippen LogP contribution in [-0.2, 0) is 5.54 Å². The number of hydrogen-bond donors (Lipinski definition) is 2. The lowest BCUT2D eigenvalue weighted by atomic mass is 9.92. The van der Waals surface area contributed by atoms with Gasteiger partial charge in [0, 0.05) is 11.4 Å². The molecular weight excluding hydrogens is 196 g/mol. The molecule has 2 nitrogen and oxygen atoms in total. The van der Waals surface area contributed by atoms with E-state index >= 15 is 0 Å². The van der Waals surface area contributed by atoms with E-state index in [1.165, 1.54) is 0 Å². The SMILES string of the molecule is C=C(C)NC(C)(C)c1ccccc1N.CC. The number of allylic oxidation sites excluding steroid dienone is 1. The molecule has 0 aliphatic rings. The van der Waals surface area contributed by atoms with Crippen LogP contribution in [0.4, 0.5) is 5.69 Å². The van der Waals surface area contributed by atoms with Crippen LogP contribution in [0.1, 0.15) is 40.2 Å². The molecule has 3 N–H and O–H groups in total. The van der Waals surface area contributed by atoms with Gasteiger partial charge in [0.15, 0.2) is 0 Å². The van der Waals surface area contributed by atoms with E-state index in [-0.39, 0.29) is 5.54 Å². The molecular formula is C14H24N2. The zero-order valence-electron chi connectivity index (χ0n) is 11.1. The number of para-hydroxylation sites is 1. The van der Waals surface area contributed by atoms with Crippen LogP contribution < -0.4 is 11.1 Å². The van der Waals surface area contributed by atoms with Crippen LogP contribution in [0.2, 0.25) is 0 Å². The molecule has 1 aromatic rings. The van der Waals surface area contributed by atoms with Crippen LogP contribution in [0, 0.1) is 0 Å². The van der Waals surface area contributed by atoms with Crippen LogP contribution in [0.3, 0.4) is 0 Å². The van der Waals surface area contributed by atoms with Crippen LogP contribution in [-0.4, -0.2) is 0 Å². The molecule has 0 fully saturated rings. The first-order valence-corrected chi connectivity index (χ1v) is 5.72. The molecule has 0 spiro atoms. The Kier molecular flexibility index (Phi) is 5.65. The fraction of sp³-hybridized carbons (Fsp3) is 0.429. The Balaban J connectivity index is 0.00000106. The van der Waals surface area contributed by atoms with E-state index in [0.29, 0.717) is 0 Å². The maximum Gasteiger partial charge on any atom is 0.0586 e. The van der Waals surface area contributed by atoms with Gasteiger partial charge in [0.25, 0.3) is 0 Å². The topological polar surface area (TPSA) is 38.0 Å². The second kappa shape index (κ2) is 6.21. The number of rotatable bonds is 3. The molecule has 0 atom stereocenters. The van der Waals surface area contributed by atoms with Crippen molar-refractivity contribution in [3.05, 3.63) is 42.1 Å². The molecule has 90 valence electrons. The van der Waals surface area contributed by atoms with Crippen molar-refractivity contribution < 1.29 is 0 Å². The van der Waals surface area contributed by atoms with E-state index in [1.54, 1.807) is 0 Å². The van der Waals surface area contributed by atoms with Crippen molar-refractivity contribution in [3.63, 3.8) is 0 Å². The van der Waals surface area contributed by atoms with Crippen molar-refractivity contribution in [3.8, 4) is 0 Å². The third-order valence-electron chi connectivity index (χ3n) is 2.16. The summed E-state index contributed by atoms with van der Waals surface area (Å²) in [6.07, 6.45) is 0. The van der Waals surface area contributed by atoms with E-state index in [9.17, 15) is 0 Å². The molecule has 0 heterocycles. The van der Waals surface area contributed by atoms with Crippen molar-refractivity contribution in [2.45, 2.75) is 40.2 Å². The van der Waals surface area contributed by atoms with E-state index in [1.807, 2.05) is 45.0 Å². The minimum atomic E-state index is -0.169. The Morgan fingerprint density at radius 3 is 2.19 bits per heavy atom. The van der Waals surface area contributed by atoms with Gasteiger partial charge in [-0.05, 0) is 32.4 Å². The lowest BCUT2D eigenvalue weighted by Crippen LogP contribution is -2.35. The highest BCUT2D eigenvalue weighted by Crippen LogP contribution is 2.26. The highest BCUT2D eigenvalue weighted by molar-refractivity contribution is 5.50. The maximum absolute atomic E-state index is 5.91. The van der Waals surface area contributed by atoms with Gasteiger partial charge in [-0.25, -0.2) is 0 Å².